The third kappa shape index (κ3) is 5.39. The number of halogens is 3. The number of amides is 2. The lowest BCUT2D eigenvalue weighted by Gasteiger charge is -2.22. The molecule has 2 aromatic carbocycles. The van der Waals surface area contributed by atoms with E-state index in [9.17, 15) is 9.59 Å². The highest BCUT2D eigenvalue weighted by Gasteiger charge is 2.25. The summed E-state index contributed by atoms with van der Waals surface area (Å²) in [5, 5.41) is 6.79. The Morgan fingerprint density at radius 2 is 1.97 bits per heavy atom. The molecule has 1 aliphatic rings. The van der Waals surface area contributed by atoms with Crippen molar-refractivity contribution in [3.05, 3.63) is 62.6 Å². The van der Waals surface area contributed by atoms with E-state index in [0.29, 0.717) is 17.5 Å². The van der Waals surface area contributed by atoms with Crippen LogP contribution in [0.4, 0.5) is 5.69 Å². The third-order valence-corrected chi connectivity index (χ3v) is 6.35. The Morgan fingerprint density at radius 3 is 2.73 bits per heavy atom. The first-order valence-corrected chi connectivity index (χ1v) is 10.9. The summed E-state index contributed by atoms with van der Waals surface area (Å²) in [6.45, 7) is 6.02. The number of aryl methyl sites for hydroxylation is 1. The average molecular weight is 469 g/mol. The quantitative estimate of drug-likeness (QED) is 0.645. The van der Waals surface area contributed by atoms with Crippen molar-refractivity contribution >= 4 is 52.3 Å². The lowest BCUT2D eigenvalue weighted by molar-refractivity contribution is -0.122. The van der Waals surface area contributed by atoms with Crippen LogP contribution in [0, 0.1) is 12.8 Å². The summed E-state index contributed by atoms with van der Waals surface area (Å²) in [6, 6.07) is 10.0. The Balaban J connectivity index is 1.50. The maximum atomic E-state index is 12.5. The molecule has 3 rings (SSSR count). The largest absolute Gasteiger partial charge is 0.371 e. The van der Waals surface area contributed by atoms with E-state index in [4.69, 9.17) is 34.8 Å². The van der Waals surface area contributed by atoms with Gasteiger partial charge in [0.1, 0.15) is 6.04 Å². The molecular weight excluding hydrogens is 445 g/mol. The Morgan fingerprint density at radius 1 is 1.20 bits per heavy atom. The van der Waals surface area contributed by atoms with Gasteiger partial charge in [-0.15, -0.1) is 0 Å². The van der Waals surface area contributed by atoms with Crippen molar-refractivity contribution in [3.8, 4) is 0 Å². The molecule has 0 radical (unpaired) electrons. The Bertz CT molecular complexity index is 951. The number of carbonyl (C=O) groups is 2. The van der Waals surface area contributed by atoms with Gasteiger partial charge in [-0.3, -0.25) is 9.59 Å². The molecule has 8 heteroatoms. The van der Waals surface area contributed by atoms with Crippen LogP contribution in [-0.4, -0.2) is 37.5 Å². The summed E-state index contributed by atoms with van der Waals surface area (Å²) in [5.74, 6) is -0.342. The summed E-state index contributed by atoms with van der Waals surface area (Å²) in [5.41, 5.74) is 2.56. The highest BCUT2D eigenvalue weighted by molar-refractivity contribution is 6.43. The lowest BCUT2D eigenvalue weighted by Crippen LogP contribution is -2.46. The van der Waals surface area contributed by atoms with Crippen LogP contribution in [-0.2, 0) is 4.79 Å². The van der Waals surface area contributed by atoms with Gasteiger partial charge in [0.05, 0.1) is 15.6 Å². The molecule has 5 nitrogen and oxygen atoms in total. The van der Waals surface area contributed by atoms with Crippen LogP contribution in [0.2, 0.25) is 15.1 Å². The first kappa shape index (κ1) is 22.7. The number of anilines is 1. The number of carbonyl (C=O) groups excluding carboxylic acids is 2. The van der Waals surface area contributed by atoms with E-state index in [1.165, 1.54) is 5.56 Å². The zero-order chi connectivity index (χ0) is 21.8. The molecule has 0 spiro atoms. The Kier molecular flexibility index (Phi) is 7.50. The van der Waals surface area contributed by atoms with Crippen molar-refractivity contribution in [2.75, 3.05) is 24.5 Å². The SMILES string of the molecule is Cc1ccc(Cl)cc1N1CCC(CNC(=O)C(C)NC(=O)c2cccc(Cl)c2Cl)C1. The molecule has 1 heterocycles. The maximum absolute atomic E-state index is 12.5. The van der Waals surface area contributed by atoms with Crippen molar-refractivity contribution in [3.63, 3.8) is 0 Å². The van der Waals surface area contributed by atoms with E-state index in [1.807, 2.05) is 18.2 Å². The van der Waals surface area contributed by atoms with Gasteiger partial charge in [0.15, 0.2) is 0 Å². The van der Waals surface area contributed by atoms with E-state index >= 15 is 0 Å². The van der Waals surface area contributed by atoms with Crippen LogP contribution in [0.25, 0.3) is 0 Å². The standard InChI is InChI=1S/C22H24Cl3N3O2/c1-13-6-7-16(23)10-19(13)28-9-8-15(12-28)11-26-21(29)14(2)27-22(30)17-4-3-5-18(24)20(17)25/h3-7,10,14-15H,8-9,11-12H2,1-2H3,(H,26,29)(H,27,30). The second-order valence-corrected chi connectivity index (χ2v) is 8.79. The van der Waals surface area contributed by atoms with Crippen molar-refractivity contribution in [1.82, 2.24) is 10.6 Å². The zero-order valence-corrected chi connectivity index (χ0v) is 19.1. The van der Waals surface area contributed by atoms with Gasteiger partial charge in [-0.25, -0.2) is 0 Å². The van der Waals surface area contributed by atoms with Gasteiger partial charge in [-0.05, 0) is 56.0 Å². The summed E-state index contributed by atoms with van der Waals surface area (Å²) in [4.78, 5) is 27.1. The van der Waals surface area contributed by atoms with Crippen molar-refractivity contribution < 1.29 is 9.59 Å². The minimum Gasteiger partial charge on any atom is -0.371 e. The Labute approximate surface area is 191 Å². The number of nitrogens with zero attached hydrogens (tertiary/aromatic N) is 1. The molecule has 2 unspecified atom stereocenters. The fourth-order valence-electron chi connectivity index (χ4n) is 3.56. The fraction of sp³-hybridized carbons (Fsp3) is 0.364. The zero-order valence-electron chi connectivity index (χ0n) is 16.8. The van der Waals surface area contributed by atoms with Gasteiger partial charge in [-0.2, -0.15) is 0 Å². The van der Waals surface area contributed by atoms with E-state index in [0.717, 1.165) is 30.2 Å². The van der Waals surface area contributed by atoms with Crippen LogP contribution < -0.4 is 15.5 Å². The van der Waals surface area contributed by atoms with Crippen molar-refractivity contribution in [2.45, 2.75) is 26.3 Å². The number of rotatable bonds is 6. The lowest BCUT2D eigenvalue weighted by atomic mass is 10.1. The van der Waals surface area contributed by atoms with Gasteiger partial charge >= 0.3 is 0 Å². The van der Waals surface area contributed by atoms with E-state index in [1.54, 1.807) is 25.1 Å². The van der Waals surface area contributed by atoms with Crippen LogP contribution >= 0.6 is 34.8 Å². The van der Waals surface area contributed by atoms with Crippen LogP contribution in [0.1, 0.15) is 29.3 Å². The second kappa shape index (κ2) is 9.90. The van der Waals surface area contributed by atoms with Crippen LogP contribution in [0.5, 0.6) is 0 Å². The molecule has 2 N–H and O–H groups in total. The van der Waals surface area contributed by atoms with Crippen LogP contribution in [0.15, 0.2) is 36.4 Å². The maximum Gasteiger partial charge on any atom is 0.253 e. The predicted molar refractivity (Wildman–Crippen MR) is 123 cm³/mol. The number of hydrogen-bond donors (Lipinski definition) is 2. The van der Waals surface area contributed by atoms with Crippen molar-refractivity contribution in [1.29, 1.82) is 0 Å². The molecule has 1 fully saturated rings. The van der Waals surface area contributed by atoms with Gasteiger partial charge in [0, 0.05) is 30.3 Å². The first-order valence-electron chi connectivity index (χ1n) is 9.80. The molecule has 0 aromatic heterocycles. The average Bonchev–Trinajstić information content (AvgIpc) is 3.18. The smallest absolute Gasteiger partial charge is 0.253 e. The molecule has 0 bridgehead atoms. The van der Waals surface area contributed by atoms with Gasteiger partial charge < -0.3 is 15.5 Å². The number of benzene rings is 2. The topological polar surface area (TPSA) is 61.4 Å². The minimum absolute atomic E-state index is 0.173. The highest BCUT2D eigenvalue weighted by atomic mass is 35.5. The minimum atomic E-state index is -0.694. The molecule has 1 saturated heterocycles. The summed E-state index contributed by atoms with van der Waals surface area (Å²) >= 11 is 18.2. The van der Waals surface area contributed by atoms with E-state index < -0.39 is 11.9 Å². The van der Waals surface area contributed by atoms with Crippen LogP contribution in [0.3, 0.4) is 0 Å². The monoisotopic (exact) mass is 467 g/mol. The van der Waals surface area contributed by atoms with E-state index in [-0.39, 0.29) is 16.5 Å². The van der Waals surface area contributed by atoms with Gasteiger partial charge in [-0.1, -0.05) is 46.9 Å². The Hall–Kier alpha value is -1.95. The van der Waals surface area contributed by atoms with Gasteiger partial charge in [0.2, 0.25) is 5.91 Å². The summed E-state index contributed by atoms with van der Waals surface area (Å²) < 4.78 is 0. The number of nitrogens with one attached hydrogen (secondary N) is 2. The van der Waals surface area contributed by atoms with Crippen molar-refractivity contribution in [2.24, 2.45) is 5.92 Å². The fourth-order valence-corrected chi connectivity index (χ4v) is 4.11. The molecule has 0 saturated carbocycles. The molecule has 2 amide bonds. The summed E-state index contributed by atoms with van der Waals surface area (Å²) in [7, 11) is 0. The molecular formula is C22H24Cl3N3O2. The van der Waals surface area contributed by atoms with Gasteiger partial charge in [0.25, 0.3) is 5.91 Å². The molecule has 1 aliphatic heterocycles. The first-order chi connectivity index (χ1) is 14.3. The molecule has 0 aliphatic carbocycles. The molecule has 2 aromatic rings. The highest BCUT2D eigenvalue weighted by Crippen LogP contribution is 2.29. The normalized spacial score (nSPS) is 17.0. The molecule has 2 atom stereocenters. The third-order valence-electron chi connectivity index (χ3n) is 5.30. The second-order valence-electron chi connectivity index (χ2n) is 7.57. The molecule has 30 heavy (non-hydrogen) atoms. The summed E-state index contributed by atoms with van der Waals surface area (Å²) in [6.07, 6.45) is 0.977. The number of hydrogen-bond acceptors (Lipinski definition) is 3. The van der Waals surface area contributed by atoms with E-state index in [2.05, 4.69) is 22.5 Å². The predicted octanol–water partition coefficient (Wildman–Crippen LogP) is 4.72. The molecule has 160 valence electrons.